The van der Waals surface area contributed by atoms with Crippen LogP contribution in [0.3, 0.4) is 0 Å². The van der Waals surface area contributed by atoms with Gasteiger partial charge in [-0.05, 0) is 12.2 Å². The first-order chi connectivity index (χ1) is 3.79. The van der Waals surface area contributed by atoms with Crippen LogP contribution in [0.4, 0.5) is 0 Å². The van der Waals surface area contributed by atoms with Crippen molar-refractivity contribution >= 4 is 11.6 Å². The van der Waals surface area contributed by atoms with Crippen LogP contribution >= 0.6 is 0 Å². The van der Waals surface area contributed by atoms with E-state index >= 15 is 0 Å². The van der Waals surface area contributed by atoms with Gasteiger partial charge in [-0.2, -0.15) is 0 Å². The van der Waals surface area contributed by atoms with Gasteiger partial charge in [-0.1, -0.05) is 0 Å². The van der Waals surface area contributed by atoms with Crippen LogP contribution in [0.15, 0.2) is 12.2 Å². The lowest BCUT2D eigenvalue weighted by molar-refractivity contribution is -0.114. The molecule has 0 saturated heterocycles. The van der Waals surface area contributed by atoms with Crippen LogP contribution in [0, 0.1) is 12.2 Å². The van der Waals surface area contributed by atoms with Crippen molar-refractivity contribution in [1.29, 1.82) is 0 Å². The lowest BCUT2D eigenvalue weighted by Crippen LogP contribution is -1.98. The van der Waals surface area contributed by atoms with Crippen molar-refractivity contribution in [3.05, 3.63) is 24.3 Å². The van der Waals surface area contributed by atoms with Crippen LogP contribution in [0.25, 0.3) is 0 Å². The first-order valence-electron chi connectivity index (χ1n) is 2.06. The van der Waals surface area contributed by atoms with Crippen LogP contribution in [0.2, 0.25) is 0 Å². The van der Waals surface area contributed by atoms with E-state index in [2.05, 4.69) is 12.2 Å². The number of carbonyl (C=O) groups is 2. The highest BCUT2D eigenvalue weighted by Crippen LogP contribution is 1.88. The average Bonchev–Trinajstić information content (AvgIpc) is 1.77. The molecule has 1 aliphatic rings. The zero-order valence-electron chi connectivity index (χ0n) is 3.97. The molecular weight excluding hydrogens is 104 g/mol. The van der Waals surface area contributed by atoms with E-state index in [1.807, 2.05) is 0 Å². The Morgan fingerprint density at radius 2 is 1.62 bits per heavy atom. The molecule has 0 bridgehead atoms. The second-order valence-electron chi connectivity index (χ2n) is 1.31. The van der Waals surface area contributed by atoms with Crippen molar-refractivity contribution in [2.45, 2.75) is 0 Å². The molecule has 2 radical (unpaired) electrons. The molecule has 0 aromatic heterocycles. The Kier molecular flexibility index (Phi) is 1.08. The zero-order chi connectivity index (χ0) is 5.98. The molecule has 0 unspecified atom stereocenters. The highest BCUT2D eigenvalue weighted by atomic mass is 16.1. The molecule has 38 valence electrons. The first-order valence-corrected chi connectivity index (χ1v) is 2.06. The van der Waals surface area contributed by atoms with Crippen LogP contribution in [-0.2, 0) is 9.59 Å². The standard InChI is InChI=1S/C6H2O2/c7-5-1-2-6(8)4-3-5/h1,3H. The lowest BCUT2D eigenvalue weighted by Gasteiger charge is -1.85. The molecular formula is C6H2O2. The minimum absolute atomic E-state index is 0.232. The third kappa shape index (κ3) is 0.904. The highest BCUT2D eigenvalue weighted by molar-refractivity contribution is 6.10. The van der Waals surface area contributed by atoms with Crippen molar-refractivity contribution in [2.24, 2.45) is 0 Å². The van der Waals surface area contributed by atoms with E-state index in [1.54, 1.807) is 0 Å². The predicted octanol–water partition coefficient (Wildman–Crippen LogP) is -0.143. The Morgan fingerprint density at radius 1 is 1.12 bits per heavy atom. The fourth-order valence-electron chi connectivity index (χ4n) is 0.357. The fraction of sp³-hybridized carbons (Fsp3) is 0. The summed E-state index contributed by atoms with van der Waals surface area (Å²) in [5.74, 6) is -0.603. The summed E-state index contributed by atoms with van der Waals surface area (Å²) >= 11 is 0. The Hall–Kier alpha value is -1.18. The summed E-state index contributed by atoms with van der Waals surface area (Å²) in [4.78, 5) is 20.4. The molecule has 0 aliphatic heterocycles. The number of hydrogen-bond donors (Lipinski definition) is 0. The Balaban J connectivity index is 2.83. The molecule has 0 atom stereocenters. The number of allylic oxidation sites excluding steroid dienone is 4. The predicted molar refractivity (Wildman–Crippen MR) is 25.6 cm³/mol. The third-order valence-electron chi connectivity index (χ3n) is 0.691. The molecule has 0 aromatic rings. The summed E-state index contributed by atoms with van der Waals surface area (Å²) < 4.78 is 0. The molecule has 2 nitrogen and oxygen atoms in total. The van der Waals surface area contributed by atoms with Gasteiger partial charge in [0.25, 0.3) is 0 Å². The summed E-state index contributed by atoms with van der Waals surface area (Å²) in [7, 11) is 0. The van der Waals surface area contributed by atoms with E-state index in [0.29, 0.717) is 0 Å². The Morgan fingerprint density at radius 3 is 2.00 bits per heavy atom. The van der Waals surface area contributed by atoms with E-state index in [1.165, 1.54) is 0 Å². The summed E-state index contributed by atoms with van der Waals surface area (Å²) in [5, 5.41) is 0. The van der Waals surface area contributed by atoms with Crippen molar-refractivity contribution in [1.82, 2.24) is 0 Å². The van der Waals surface area contributed by atoms with Gasteiger partial charge >= 0.3 is 0 Å². The van der Waals surface area contributed by atoms with Crippen LogP contribution in [-0.4, -0.2) is 11.6 Å². The smallest absolute Gasteiger partial charge is 0.194 e. The molecule has 0 fully saturated rings. The molecule has 0 heterocycles. The van der Waals surface area contributed by atoms with Crippen molar-refractivity contribution in [2.75, 3.05) is 0 Å². The first kappa shape index (κ1) is 4.97. The van der Waals surface area contributed by atoms with Gasteiger partial charge in [0.05, 0.1) is 0 Å². The molecule has 0 N–H and O–H groups in total. The maximum absolute atomic E-state index is 10.2. The molecule has 1 aliphatic carbocycles. The average molecular weight is 106 g/mol. The topological polar surface area (TPSA) is 34.1 Å². The van der Waals surface area contributed by atoms with Crippen molar-refractivity contribution in [3.63, 3.8) is 0 Å². The highest BCUT2D eigenvalue weighted by Gasteiger charge is 1.99. The van der Waals surface area contributed by atoms with Crippen LogP contribution in [0.1, 0.15) is 0 Å². The quantitative estimate of drug-likeness (QED) is 0.403. The van der Waals surface area contributed by atoms with E-state index in [-0.39, 0.29) is 11.6 Å². The number of rotatable bonds is 0. The van der Waals surface area contributed by atoms with Gasteiger partial charge in [-0.25, -0.2) is 0 Å². The number of hydrogen-bond acceptors (Lipinski definition) is 2. The van der Waals surface area contributed by atoms with Crippen molar-refractivity contribution in [3.8, 4) is 0 Å². The Labute approximate surface area is 46.5 Å². The van der Waals surface area contributed by atoms with Gasteiger partial charge < -0.3 is 0 Å². The molecule has 0 spiro atoms. The molecule has 0 aromatic carbocycles. The second-order valence-corrected chi connectivity index (χ2v) is 1.31. The summed E-state index contributed by atoms with van der Waals surface area (Å²) in [6.07, 6.45) is 6.54. The van der Waals surface area contributed by atoms with E-state index in [4.69, 9.17) is 0 Å². The van der Waals surface area contributed by atoms with E-state index < -0.39 is 0 Å². The number of ketones is 2. The minimum Gasteiger partial charge on any atom is -0.290 e. The van der Waals surface area contributed by atoms with Crippen LogP contribution in [0.5, 0.6) is 0 Å². The molecule has 0 amide bonds. The van der Waals surface area contributed by atoms with Crippen molar-refractivity contribution < 1.29 is 9.59 Å². The minimum atomic E-state index is -0.371. The zero-order valence-corrected chi connectivity index (χ0v) is 3.97. The maximum Gasteiger partial charge on any atom is 0.194 e. The lowest BCUT2D eigenvalue weighted by atomic mass is 10.2. The van der Waals surface area contributed by atoms with Crippen LogP contribution < -0.4 is 0 Å². The number of carbonyl (C=O) groups excluding carboxylic acids is 2. The van der Waals surface area contributed by atoms with Gasteiger partial charge in [-0.3, -0.25) is 9.59 Å². The summed E-state index contributed by atoms with van der Waals surface area (Å²) in [5.41, 5.74) is 0. The maximum atomic E-state index is 10.2. The van der Waals surface area contributed by atoms with E-state index in [0.717, 1.165) is 12.2 Å². The van der Waals surface area contributed by atoms with Gasteiger partial charge in [0.15, 0.2) is 11.6 Å². The van der Waals surface area contributed by atoms with Gasteiger partial charge in [-0.15, -0.1) is 0 Å². The van der Waals surface area contributed by atoms with E-state index in [9.17, 15) is 9.59 Å². The molecule has 0 saturated carbocycles. The molecule has 2 heteroatoms. The van der Waals surface area contributed by atoms with Gasteiger partial charge in [0.2, 0.25) is 0 Å². The number of Topliss-reactive ketones (excluding diaryl/α,β-unsaturated/α-hetero) is 1. The second kappa shape index (κ2) is 1.74. The fourth-order valence-corrected chi connectivity index (χ4v) is 0.357. The largest absolute Gasteiger partial charge is 0.290 e. The summed E-state index contributed by atoms with van der Waals surface area (Å²) in [6, 6.07) is 0. The molecule has 1 rings (SSSR count). The normalized spacial score (nSPS) is 17.5. The summed E-state index contributed by atoms with van der Waals surface area (Å²) in [6.45, 7) is 0. The third-order valence-corrected chi connectivity index (χ3v) is 0.691. The van der Waals surface area contributed by atoms with Gasteiger partial charge in [0.1, 0.15) is 0 Å². The Bertz CT molecular complexity index is 149. The monoisotopic (exact) mass is 106 g/mol. The van der Waals surface area contributed by atoms with Gasteiger partial charge in [0, 0.05) is 12.2 Å². The SMILES string of the molecule is O=C1[C]=CC(=O)C=[C]1. The molecule has 8 heavy (non-hydrogen) atoms.